The Hall–Kier alpha value is -2.40. The van der Waals surface area contributed by atoms with Crippen molar-refractivity contribution in [2.24, 2.45) is 0 Å². The third-order valence-corrected chi connectivity index (χ3v) is 5.96. The minimum Gasteiger partial charge on any atom is -0.444 e. The molecule has 2 aliphatic rings. The number of piperidine rings is 1. The van der Waals surface area contributed by atoms with Crippen LogP contribution in [-0.2, 0) is 16.1 Å². The Kier molecular flexibility index (Phi) is 5.83. The van der Waals surface area contributed by atoms with Crippen molar-refractivity contribution < 1.29 is 18.7 Å². The molecule has 3 atom stereocenters. The minimum absolute atomic E-state index is 0.0180. The molecule has 2 saturated heterocycles. The van der Waals surface area contributed by atoms with Gasteiger partial charge < -0.3 is 14.4 Å². The zero-order valence-electron chi connectivity index (χ0n) is 17.9. The van der Waals surface area contributed by atoms with Crippen LogP contribution in [0.3, 0.4) is 0 Å². The molecule has 2 bridgehead atoms. The fourth-order valence-electron chi connectivity index (χ4n) is 4.67. The molecule has 0 aromatic heterocycles. The van der Waals surface area contributed by atoms with Gasteiger partial charge in [0.1, 0.15) is 11.4 Å². The number of amides is 1. The van der Waals surface area contributed by atoms with E-state index < -0.39 is 5.60 Å². The first-order valence-corrected chi connectivity index (χ1v) is 10.8. The summed E-state index contributed by atoms with van der Waals surface area (Å²) in [5.74, 6) is -0.245. The van der Waals surface area contributed by atoms with Crippen LogP contribution in [-0.4, -0.2) is 34.8 Å². The summed E-state index contributed by atoms with van der Waals surface area (Å²) >= 11 is 0. The molecule has 2 aromatic rings. The maximum atomic E-state index is 14.6. The molecule has 1 amide bonds. The van der Waals surface area contributed by atoms with E-state index >= 15 is 0 Å². The molecular formula is C25H30FNO3. The van der Waals surface area contributed by atoms with Crippen LogP contribution in [0.25, 0.3) is 11.1 Å². The van der Waals surface area contributed by atoms with Crippen LogP contribution in [0.1, 0.15) is 52.0 Å². The maximum Gasteiger partial charge on any atom is 0.410 e. The van der Waals surface area contributed by atoms with Gasteiger partial charge in [0.25, 0.3) is 0 Å². The molecule has 4 nitrogen and oxygen atoms in total. The summed E-state index contributed by atoms with van der Waals surface area (Å²) in [6.07, 6.45) is 3.27. The van der Waals surface area contributed by atoms with E-state index in [1.165, 1.54) is 6.07 Å². The first-order chi connectivity index (χ1) is 14.3. The van der Waals surface area contributed by atoms with E-state index in [0.29, 0.717) is 5.56 Å². The van der Waals surface area contributed by atoms with Crippen LogP contribution >= 0.6 is 0 Å². The lowest BCUT2D eigenvalue weighted by molar-refractivity contribution is -0.0400. The van der Waals surface area contributed by atoms with E-state index in [-0.39, 0.29) is 36.7 Å². The van der Waals surface area contributed by atoms with Gasteiger partial charge in [0, 0.05) is 17.6 Å². The molecule has 0 aliphatic carbocycles. The number of hydrogen-bond donors (Lipinski definition) is 0. The van der Waals surface area contributed by atoms with Crippen molar-refractivity contribution >= 4 is 6.09 Å². The normalized spacial score (nSPS) is 23.5. The van der Waals surface area contributed by atoms with Crippen molar-refractivity contribution in [3.8, 4) is 11.1 Å². The van der Waals surface area contributed by atoms with E-state index in [1.807, 2.05) is 62.1 Å². The number of benzene rings is 2. The van der Waals surface area contributed by atoms with E-state index in [9.17, 15) is 9.18 Å². The topological polar surface area (TPSA) is 38.8 Å². The lowest BCUT2D eigenvalue weighted by atomic mass is 9.98. The van der Waals surface area contributed by atoms with Gasteiger partial charge in [-0.25, -0.2) is 9.18 Å². The Morgan fingerprint density at radius 3 is 2.33 bits per heavy atom. The third kappa shape index (κ3) is 4.51. The first-order valence-electron chi connectivity index (χ1n) is 10.8. The van der Waals surface area contributed by atoms with E-state index in [2.05, 4.69) is 0 Å². The predicted molar refractivity (Wildman–Crippen MR) is 115 cm³/mol. The van der Waals surface area contributed by atoms with Gasteiger partial charge in [0.05, 0.1) is 12.7 Å². The van der Waals surface area contributed by atoms with Gasteiger partial charge >= 0.3 is 6.09 Å². The predicted octanol–water partition coefficient (Wildman–Crippen LogP) is 5.94. The SMILES string of the molecule is CC(C)(C)OC(=O)N1[C@@H]2CC[C@H]1C[C@@H](OCc1c(F)cccc1-c1ccccc1)C2. The van der Waals surface area contributed by atoms with Gasteiger partial charge in [0.2, 0.25) is 0 Å². The number of nitrogens with zero attached hydrogens (tertiary/aromatic N) is 1. The zero-order valence-corrected chi connectivity index (χ0v) is 17.9. The van der Waals surface area contributed by atoms with Crippen LogP contribution in [0.15, 0.2) is 48.5 Å². The molecular weight excluding hydrogens is 381 g/mol. The highest BCUT2D eigenvalue weighted by Crippen LogP contribution is 2.38. The molecule has 0 unspecified atom stereocenters. The molecule has 160 valence electrons. The number of rotatable bonds is 4. The average molecular weight is 412 g/mol. The van der Waals surface area contributed by atoms with Crippen molar-refractivity contribution in [1.29, 1.82) is 0 Å². The Labute approximate surface area is 178 Å². The van der Waals surface area contributed by atoms with Crippen molar-refractivity contribution in [1.82, 2.24) is 4.90 Å². The third-order valence-electron chi connectivity index (χ3n) is 5.96. The quantitative estimate of drug-likeness (QED) is 0.625. The van der Waals surface area contributed by atoms with Crippen LogP contribution in [0.4, 0.5) is 9.18 Å². The number of ether oxygens (including phenoxy) is 2. The summed E-state index contributed by atoms with van der Waals surface area (Å²) in [5.41, 5.74) is 1.94. The van der Waals surface area contributed by atoms with Crippen molar-refractivity contribution in [2.45, 2.75) is 76.9 Å². The molecule has 30 heavy (non-hydrogen) atoms. The lowest BCUT2D eigenvalue weighted by Crippen LogP contribution is -2.50. The Balaban J connectivity index is 1.43. The molecule has 0 saturated carbocycles. The van der Waals surface area contributed by atoms with Gasteiger partial charge in [-0.2, -0.15) is 0 Å². The molecule has 5 heteroatoms. The second kappa shape index (κ2) is 8.38. The second-order valence-electron chi connectivity index (χ2n) is 9.31. The first kappa shape index (κ1) is 20.9. The van der Waals surface area contributed by atoms with Crippen LogP contribution in [0, 0.1) is 5.82 Å². The highest BCUT2D eigenvalue weighted by molar-refractivity contribution is 5.70. The van der Waals surface area contributed by atoms with E-state index in [0.717, 1.165) is 36.8 Å². The van der Waals surface area contributed by atoms with Crippen LogP contribution in [0.2, 0.25) is 0 Å². The van der Waals surface area contributed by atoms with Crippen molar-refractivity contribution in [2.75, 3.05) is 0 Å². The highest BCUT2D eigenvalue weighted by atomic mass is 19.1. The summed E-state index contributed by atoms with van der Waals surface area (Å²) in [6.45, 7) is 5.90. The molecule has 2 fully saturated rings. The summed E-state index contributed by atoms with van der Waals surface area (Å²) in [4.78, 5) is 14.5. The van der Waals surface area contributed by atoms with E-state index in [1.54, 1.807) is 6.07 Å². The summed E-state index contributed by atoms with van der Waals surface area (Å²) in [7, 11) is 0. The van der Waals surface area contributed by atoms with Gasteiger partial charge in [-0.15, -0.1) is 0 Å². The number of hydrogen-bond acceptors (Lipinski definition) is 3. The fraction of sp³-hybridized carbons (Fsp3) is 0.480. The molecule has 0 radical (unpaired) electrons. The molecule has 4 rings (SSSR count). The van der Waals surface area contributed by atoms with Gasteiger partial charge in [0.15, 0.2) is 0 Å². The smallest absolute Gasteiger partial charge is 0.410 e. The average Bonchev–Trinajstić information content (AvgIpc) is 2.97. The Morgan fingerprint density at radius 1 is 1.03 bits per heavy atom. The lowest BCUT2D eigenvalue weighted by Gasteiger charge is -2.39. The number of carbonyl (C=O) groups excluding carboxylic acids is 1. The van der Waals surface area contributed by atoms with Gasteiger partial charge in [-0.05, 0) is 63.6 Å². The molecule has 2 aromatic carbocycles. The van der Waals surface area contributed by atoms with Crippen molar-refractivity contribution in [3.05, 3.63) is 59.9 Å². The number of halogens is 1. The van der Waals surface area contributed by atoms with E-state index in [4.69, 9.17) is 9.47 Å². The largest absolute Gasteiger partial charge is 0.444 e. The summed E-state index contributed by atoms with van der Waals surface area (Å²) in [5, 5.41) is 0. The number of fused-ring (bicyclic) bond motifs is 2. The van der Waals surface area contributed by atoms with Gasteiger partial charge in [-0.1, -0.05) is 42.5 Å². The standard InChI is InChI=1S/C25H30FNO3/c1-25(2,3)30-24(28)27-18-12-13-19(27)15-20(14-18)29-16-22-21(10-7-11-23(22)26)17-8-5-4-6-9-17/h4-11,18-20H,12-16H2,1-3H3/t18-,19+,20+. The maximum absolute atomic E-state index is 14.6. The van der Waals surface area contributed by atoms with Crippen LogP contribution < -0.4 is 0 Å². The zero-order chi connectivity index (χ0) is 21.3. The molecule has 0 spiro atoms. The monoisotopic (exact) mass is 411 g/mol. The summed E-state index contributed by atoms with van der Waals surface area (Å²) in [6, 6.07) is 15.3. The highest BCUT2D eigenvalue weighted by Gasteiger charge is 2.45. The minimum atomic E-state index is -0.497. The summed E-state index contributed by atoms with van der Waals surface area (Å²) < 4.78 is 26.4. The Bertz CT molecular complexity index is 879. The fourth-order valence-corrected chi connectivity index (χ4v) is 4.67. The molecule has 0 N–H and O–H groups in total. The molecule has 2 heterocycles. The van der Waals surface area contributed by atoms with Gasteiger partial charge in [-0.3, -0.25) is 0 Å². The second-order valence-corrected chi connectivity index (χ2v) is 9.31. The molecule has 2 aliphatic heterocycles. The number of carbonyl (C=O) groups is 1. The van der Waals surface area contributed by atoms with Crippen molar-refractivity contribution in [3.63, 3.8) is 0 Å². The Morgan fingerprint density at radius 2 is 1.70 bits per heavy atom. The van der Waals surface area contributed by atoms with Crippen LogP contribution in [0.5, 0.6) is 0 Å².